The fraction of sp³-hybridized carbons (Fsp3) is 0.536. The SMILES string of the molecule is COC(CCCc1cc(N(C)C)c2c(c1O)C(O)=C1C(=O)C3(O)C(O)=C(C(C)=O)C(=O)CC3CC1C2)OC. The van der Waals surface area contributed by atoms with Crippen LogP contribution in [-0.4, -0.2) is 78.0 Å². The Morgan fingerprint density at radius 3 is 2.39 bits per heavy atom. The van der Waals surface area contributed by atoms with Gasteiger partial charge < -0.3 is 34.8 Å². The monoisotopic (exact) mass is 529 g/mol. The molecule has 0 aromatic heterocycles. The molecular formula is C28H35NO9. The number of aryl methyl sites for hydroxylation is 1. The Hall–Kier alpha value is -3.21. The smallest absolute Gasteiger partial charge is 0.202 e. The summed E-state index contributed by atoms with van der Waals surface area (Å²) in [5.41, 5.74) is -1.10. The summed E-state index contributed by atoms with van der Waals surface area (Å²) in [5.74, 6) is -5.40. The van der Waals surface area contributed by atoms with E-state index in [1.54, 1.807) is 14.2 Å². The highest BCUT2D eigenvalue weighted by Gasteiger charge is 2.60. The van der Waals surface area contributed by atoms with E-state index in [1.165, 1.54) is 0 Å². The maximum absolute atomic E-state index is 13.7. The average Bonchev–Trinajstić information content (AvgIpc) is 2.84. The molecule has 1 aromatic rings. The van der Waals surface area contributed by atoms with E-state index in [0.29, 0.717) is 30.4 Å². The number of nitrogens with zero attached hydrogens (tertiary/aromatic N) is 1. The van der Waals surface area contributed by atoms with E-state index in [-0.39, 0.29) is 36.1 Å². The Labute approximate surface area is 221 Å². The van der Waals surface area contributed by atoms with Crippen LogP contribution in [0.25, 0.3) is 5.76 Å². The van der Waals surface area contributed by atoms with E-state index in [1.807, 2.05) is 25.1 Å². The molecule has 10 nitrogen and oxygen atoms in total. The van der Waals surface area contributed by atoms with E-state index in [2.05, 4.69) is 0 Å². The van der Waals surface area contributed by atoms with Crippen LogP contribution in [-0.2, 0) is 36.7 Å². The minimum atomic E-state index is -2.50. The van der Waals surface area contributed by atoms with E-state index in [0.717, 1.165) is 12.6 Å². The zero-order chi connectivity index (χ0) is 28.1. The second-order valence-corrected chi connectivity index (χ2v) is 10.5. The number of hydrogen-bond acceptors (Lipinski definition) is 10. The summed E-state index contributed by atoms with van der Waals surface area (Å²) in [5, 5.41) is 45.0. The maximum Gasteiger partial charge on any atom is 0.202 e. The van der Waals surface area contributed by atoms with Gasteiger partial charge in [0.15, 0.2) is 23.5 Å². The van der Waals surface area contributed by atoms with Crippen molar-refractivity contribution in [3.63, 3.8) is 0 Å². The number of rotatable bonds is 8. The summed E-state index contributed by atoms with van der Waals surface area (Å²) in [7, 11) is 6.78. The number of fused-ring (bicyclic) bond motifs is 3. The van der Waals surface area contributed by atoms with Crippen molar-refractivity contribution in [1.82, 2.24) is 0 Å². The van der Waals surface area contributed by atoms with Crippen molar-refractivity contribution < 1.29 is 44.3 Å². The second-order valence-electron chi connectivity index (χ2n) is 10.5. The number of aliphatic hydroxyl groups is 3. The summed E-state index contributed by atoms with van der Waals surface area (Å²) in [6, 6.07) is 1.86. The number of hydrogen-bond donors (Lipinski definition) is 4. The summed E-state index contributed by atoms with van der Waals surface area (Å²) < 4.78 is 10.5. The quantitative estimate of drug-likeness (QED) is 0.292. The number of ketones is 3. The molecule has 0 bridgehead atoms. The Balaban J connectivity index is 1.83. The van der Waals surface area contributed by atoms with Gasteiger partial charge in [0.25, 0.3) is 0 Å². The number of benzene rings is 1. The molecule has 3 atom stereocenters. The number of allylic oxidation sites excluding steroid dienone is 1. The van der Waals surface area contributed by atoms with Crippen molar-refractivity contribution in [3.05, 3.63) is 39.7 Å². The molecule has 0 saturated heterocycles. The van der Waals surface area contributed by atoms with Gasteiger partial charge in [0, 0.05) is 51.9 Å². The number of ether oxygens (including phenoxy) is 2. The first-order chi connectivity index (χ1) is 17.9. The molecule has 4 N–H and O–H groups in total. The minimum absolute atomic E-state index is 0.115. The molecule has 1 saturated carbocycles. The first-order valence-electron chi connectivity index (χ1n) is 12.7. The van der Waals surface area contributed by atoms with Crippen LogP contribution in [0.15, 0.2) is 23.0 Å². The van der Waals surface area contributed by atoms with Gasteiger partial charge in [-0.2, -0.15) is 0 Å². The van der Waals surface area contributed by atoms with Crippen LogP contribution in [0.2, 0.25) is 0 Å². The van der Waals surface area contributed by atoms with Gasteiger partial charge in [-0.3, -0.25) is 14.4 Å². The molecular weight excluding hydrogens is 494 g/mol. The van der Waals surface area contributed by atoms with E-state index >= 15 is 0 Å². The lowest BCUT2D eigenvalue weighted by Crippen LogP contribution is -2.57. The van der Waals surface area contributed by atoms with E-state index < -0.39 is 58.2 Å². The van der Waals surface area contributed by atoms with Gasteiger partial charge in [-0.05, 0) is 62.1 Å². The number of anilines is 1. The van der Waals surface area contributed by atoms with Gasteiger partial charge in [-0.15, -0.1) is 0 Å². The molecule has 0 amide bonds. The van der Waals surface area contributed by atoms with Gasteiger partial charge in [0.05, 0.1) is 5.56 Å². The molecule has 38 heavy (non-hydrogen) atoms. The minimum Gasteiger partial charge on any atom is -0.508 e. The zero-order valence-corrected chi connectivity index (χ0v) is 22.3. The van der Waals surface area contributed by atoms with E-state index in [4.69, 9.17) is 9.47 Å². The number of carbonyl (C=O) groups is 3. The lowest BCUT2D eigenvalue weighted by Gasteiger charge is -2.46. The molecule has 3 unspecified atom stereocenters. The van der Waals surface area contributed by atoms with Gasteiger partial charge >= 0.3 is 0 Å². The predicted octanol–water partition coefficient (Wildman–Crippen LogP) is 2.54. The lowest BCUT2D eigenvalue weighted by molar-refractivity contribution is -0.147. The second kappa shape index (κ2) is 10.2. The van der Waals surface area contributed by atoms with Gasteiger partial charge in [0.1, 0.15) is 22.8 Å². The topological polar surface area (TPSA) is 154 Å². The first-order valence-corrected chi connectivity index (χ1v) is 12.7. The number of phenolic OH excluding ortho intramolecular Hbond substituents is 1. The van der Waals surface area contributed by atoms with Crippen LogP contribution >= 0.6 is 0 Å². The van der Waals surface area contributed by atoms with E-state index in [9.17, 15) is 34.8 Å². The Bertz CT molecular complexity index is 1260. The van der Waals surface area contributed by atoms with Crippen molar-refractivity contribution in [3.8, 4) is 5.75 Å². The van der Waals surface area contributed by atoms with Crippen LogP contribution < -0.4 is 4.90 Å². The fourth-order valence-corrected chi connectivity index (χ4v) is 6.21. The third-order valence-corrected chi connectivity index (χ3v) is 8.12. The van der Waals surface area contributed by atoms with Crippen LogP contribution in [0, 0.1) is 11.8 Å². The van der Waals surface area contributed by atoms with Crippen molar-refractivity contribution in [2.45, 2.75) is 57.3 Å². The maximum atomic E-state index is 13.7. The standard InChI is InChI=1S/C28H35NO9/c1-13(30)21-19(31)12-16-9-15-10-17-18(29(2)3)11-14(7-6-8-20(37-4)38-5)24(32)23(17)25(33)22(15)27(35)28(16,36)26(21)34/h11,15-16,20,32-34,36H,6-10,12H2,1-5H3. The summed E-state index contributed by atoms with van der Waals surface area (Å²) in [6.07, 6.45) is 1.39. The van der Waals surface area contributed by atoms with Crippen LogP contribution in [0.3, 0.4) is 0 Å². The summed E-state index contributed by atoms with van der Waals surface area (Å²) in [4.78, 5) is 40.2. The molecule has 1 fully saturated rings. The first kappa shape index (κ1) is 27.8. The third-order valence-electron chi connectivity index (χ3n) is 8.12. The molecule has 3 aliphatic rings. The molecule has 3 aliphatic carbocycles. The Morgan fingerprint density at radius 2 is 1.82 bits per heavy atom. The highest BCUT2D eigenvalue weighted by molar-refractivity contribution is 6.23. The third kappa shape index (κ3) is 4.20. The van der Waals surface area contributed by atoms with Crippen molar-refractivity contribution in [1.29, 1.82) is 0 Å². The Kier molecular flexibility index (Phi) is 7.44. The largest absolute Gasteiger partial charge is 0.508 e. The molecule has 0 radical (unpaired) electrons. The number of phenols is 1. The number of Topliss-reactive ketones (excluding diaryl/α,β-unsaturated/α-hetero) is 3. The highest BCUT2D eigenvalue weighted by Crippen LogP contribution is 2.53. The van der Waals surface area contributed by atoms with Gasteiger partial charge in [0.2, 0.25) is 5.78 Å². The predicted molar refractivity (Wildman–Crippen MR) is 138 cm³/mol. The average molecular weight is 530 g/mol. The zero-order valence-electron chi connectivity index (χ0n) is 22.3. The lowest BCUT2D eigenvalue weighted by atomic mass is 9.59. The van der Waals surface area contributed by atoms with Crippen LogP contribution in [0.1, 0.15) is 49.3 Å². The molecule has 4 rings (SSSR count). The van der Waals surface area contributed by atoms with Gasteiger partial charge in [-0.1, -0.05) is 0 Å². The molecule has 0 aliphatic heterocycles. The van der Waals surface area contributed by atoms with Crippen molar-refractivity contribution in [2.75, 3.05) is 33.2 Å². The molecule has 0 heterocycles. The Morgan fingerprint density at radius 1 is 1.16 bits per heavy atom. The highest BCUT2D eigenvalue weighted by atomic mass is 16.7. The summed E-state index contributed by atoms with van der Waals surface area (Å²) in [6.45, 7) is 1.08. The normalized spacial score (nSPS) is 24.9. The summed E-state index contributed by atoms with van der Waals surface area (Å²) >= 11 is 0. The number of methoxy groups -OCH3 is 2. The molecule has 0 spiro atoms. The molecule has 1 aromatic carbocycles. The van der Waals surface area contributed by atoms with Gasteiger partial charge in [-0.25, -0.2) is 0 Å². The molecule has 206 valence electrons. The van der Waals surface area contributed by atoms with Crippen LogP contribution in [0.4, 0.5) is 5.69 Å². The number of aromatic hydroxyl groups is 1. The fourth-order valence-electron chi connectivity index (χ4n) is 6.21. The molecule has 10 heteroatoms. The van der Waals surface area contributed by atoms with Crippen molar-refractivity contribution >= 4 is 28.8 Å². The number of carbonyl (C=O) groups excluding carboxylic acids is 3. The number of aliphatic hydroxyl groups excluding tert-OH is 2. The van der Waals surface area contributed by atoms with Crippen LogP contribution in [0.5, 0.6) is 5.75 Å². The van der Waals surface area contributed by atoms with Crippen molar-refractivity contribution in [2.24, 2.45) is 11.8 Å².